The zero-order valence-electron chi connectivity index (χ0n) is 14.3. The molecular formula is C17H21ClF3N3S. The van der Waals surface area contributed by atoms with Crippen molar-refractivity contribution in [1.29, 1.82) is 0 Å². The molecule has 1 atom stereocenters. The summed E-state index contributed by atoms with van der Waals surface area (Å²) in [4.78, 5) is 0. The van der Waals surface area contributed by atoms with Crippen LogP contribution < -0.4 is 10.7 Å². The van der Waals surface area contributed by atoms with Crippen LogP contribution >= 0.6 is 23.8 Å². The third-order valence-corrected chi connectivity index (χ3v) is 4.55. The van der Waals surface area contributed by atoms with Crippen LogP contribution in [0, 0.1) is 11.3 Å². The zero-order valence-corrected chi connectivity index (χ0v) is 15.9. The van der Waals surface area contributed by atoms with Crippen molar-refractivity contribution in [1.82, 2.24) is 5.43 Å². The molecule has 1 fully saturated rings. The summed E-state index contributed by atoms with van der Waals surface area (Å²) >= 11 is 11.1. The summed E-state index contributed by atoms with van der Waals surface area (Å²) in [7, 11) is 0. The molecule has 1 unspecified atom stereocenters. The Morgan fingerprint density at radius 1 is 1.36 bits per heavy atom. The molecule has 2 rings (SSSR count). The highest BCUT2D eigenvalue weighted by atomic mass is 35.5. The number of halogens is 4. The van der Waals surface area contributed by atoms with E-state index >= 15 is 0 Å². The fourth-order valence-corrected chi connectivity index (χ4v) is 3.60. The van der Waals surface area contributed by atoms with E-state index < -0.39 is 11.7 Å². The normalized spacial score (nSPS) is 21.9. The van der Waals surface area contributed by atoms with Gasteiger partial charge in [0.05, 0.1) is 16.3 Å². The molecule has 1 aromatic rings. The molecule has 0 bridgehead atoms. The topological polar surface area (TPSA) is 36.4 Å². The van der Waals surface area contributed by atoms with Crippen LogP contribution in [0.5, 0.6) is 0 Å². The van der Waals surface area contributed by atoms with Crippen molar-refractivity contribution in [3.8, 4) is 0 Å². The van der Waals surface area contributed by atoms with Gasteiger partial charge in [-0.05, 0) is 61.0 Å². The number of benzene rings is 1. The minimum absolute atomic E-state index is 0.0894. The summed E-state index contributed by atoms with van der Waals surface area (Å²) in [5.41, 5.74) is 3.19. The van der Waals surface area contributed by atoms with Crippen LogP contribution in [-0.4, -0.2) is 10.8 Å². The second-order valence-electron chi connectivity index (χ2n) is 7.29. The highest BCUT2D eigenvalue weighted by Crippen LogP contribution is 2.37. The molecule has 138 valence electrons. The molecule has 1 aliphatic rings. The molecule has 0 aliphatic heterocycles. The summed E-state index contributed by atoms with van der Waals surface area (Å²) in [5, 5.41) is 7.25. The first-order chi connectivity index (χ1) is 11.5. The van der Waals surface area contributed by atoms with E-state index in [1.807, 2.05) is 0 Å². The van der Waals surface area contributed by atoms with Crippen LogP contribution in [0.2, 0.25) is 5.02 Å². The molecular weight excluding hydrogens is 371 g/mol. The SMILES string of the molecule is CC1C/C(=N\NC(=S)Nc2cc(C(F)(F)F)ccc2Cl)CC(C)(C)C1. The van der Waals surface area contributed by atoms with Gasteiger partial charge < -0.3 is 5.32 Å². The molecule has 1 aliphatic carbocycles. The number of alkyl halides is 3. The second-order valence-corrected chi connectivity index (χ2v) is 8.11. The van der Waals surface area contributed by atoms with E-state index in [-0.39, 0.29) is 21.2 Å². The van der Waals surface area contributed by atoms with Gasteiger partial charge >= 0.3 is 6.18 Å². The van der Waals surface area contributed by atoms with Gasteiger partial charge in [0.1, 0.15) is 0 Å². The van der Waals surface area contributed by atoms with Crippen molar-refractivity contribution in [2.75, 3.05) is 5.32 Å². The summed E-state index contributed by atoms with van der Waals surface area (Å²) in [5.74, 6) is 0.531. The minimum Gasteiger partial charge on any atom is -0.330 e. The maximum absolute atomic E-state index is 12.8. The highest BCUT2D eigenvalue weighted by Gasteiger charge is 2.31. The van der Waals surface area contributed by atoms with E-state index in [9.17, 15) is 13.2 Å². The molecule has 3 nitrogen and oxygen atoms in total. The number of hydrogen-bond donors (Lipinski definition) is 2. The Hall–Kier alpha value is -1.34. The van der Waals surface area contributed by atoms with Gasteiger partial charge in [0.15, 0.2) is 5.11 Å². The molecule has 0 aromatic heterocycles. The average molecular weight is 392 g/mol. The molecule has 0 saturated heterocycles. The number of rotatable bonds is 2. The molecule has 1 saturated carbocycles. The number of nitrogens with one attached hydrogen (secondary N) is 2. The summed E-state index contributed by atoms with van der Waals surface area (Å²) < 4.78 is 38.4. The molecule has 1 aromatic carbocycles. The van der Waals surface area contributed by atoms with E-state index in [2.05, 4.69) is 36.6 Å². The predicted octanol–water partition coefficient (Wildman–Crippen LogP) is 5.85. The number of anilines is 1. The standard InChI is InChI=1S/C17H21ClF3N3S/c1-10-6-12(9-16(2,3)8-10)23-24-15(25)22-14-7-11(17(19,20)21)4-5-13(14)18/h4-5,7,10H,6,8-9H2,1-3H3,(H2,22,24,25)/b23-12+. The lowest BCUT2D eigenvalue weighted by atomic mass is 9.72. The first-order valence-electron chi connectivity index (χ1n) is 7.95. The first kappa shape index (κ1) is 20.0. The van der Waals surface area contributed by atoms with Crippen molar-refractivity contribution in [2.24, 2.45) is 16.4 Å². The third-order valence-electron chi connectivity index (χ3n) is 4.03. The molecule has 25 heavy (non-hydrogen) atoms. The number of hydrazone groups is 1. The molecule has 0 amide bonds. The van der Waals surface area contributed by atoms with Crippen LogP contribution in [0.1, 0.15) is 45.6 Å². The van der Waals surface area contributed by atoms with Crippen LogP contribution in [0.25, 0.3) is 0 Å². The van der Waals surface area contributed by atoms with Gasteiger partial charge in [-0.1, -0.05) is 32.4 Å². The Balaban J connectivity index is 2.04. The lowest BCUT2D eigenvalue weighted by Gasteiger charge is -2.34. The van der Waals surface area contributed by atoms with Gasteiger partial charge in [-0.25, -0.2) is 0 Å². The lowest BCUT2D eigenvalue weighted by molar-refractivity contribution is -0.137. The lowest BCUT2D eigenvalue weighted by Crippen LogP contribution is -2.31. The fraction of sp³-hybridized carbons (Fsp3) is 0.529. The van der Waals surface area contributed by atoms with Crippen LogP contribution in [0.3, 0.4) is 0 Å². The molecule has 8 heteroatoms. The Morgan fingerprint density at radius 2 is 2.04 bits per heavy atom. The predicted molar refractivity (Wildman–Crippen MR) is 100 cm³/mol. The van der Waals surface area contributed by atoms with Crippen molar-refractivity contribution >= 4 is 40.3 Å². The first-order valence-corrected chi connectivity index (χ1v) is 8.74. The van der Waals surface area contributed by atoms with Crippen molar-refractivity contribution < 1.29 is 13.2 Å². The smallest absolute Gasteiger partial charge is 0.330 e. The highest BCUT2D eigenvalue weighted by molar-refractivity contribution is 7.80. The monoisotopic (exact) mass is 391 g/mol. The van der Waals surface area contributed by atoms with Gasteiger partial charge in [-0.15, -0.1) is 0 Å². The maximum Gasteiger partial charge on any atom is 0.416 e. The van der Waals surface area contributed by atoms with Gasteiger partial charge in [0.2, 0.25) is 0 Å². The second kappa shape index (κ2) is 7.50. The van der Waals surface area contributed by atoms with Gasteiger partial charge in [0.25, 0.3) is 0 Å². The summed E-state index contributed by atoms with van der Waals surface area (Å²) in [6.07, 6.45) is -1.57. The van der Waals surface area contributed by atoms with Gasteiger partial charge in [-0.3, -0.25) is 5.43 Å². The van der Waals surface area contributed by atoms with Gasteiger partial charge in [-0.2, -0.15) is 18.3 Å². The summed E-state index contributed by atoms with van der Waals surface area (Å²) in [6, 6.07) is 3.04. The number of nitrogens with zero attached hydrogens (tertiary/aromatic N) is 1. The Kier molecular flexibility index (Phi) is 5.99. The molecule has 0 heterocycles. The van der Waals surface area contributed by atoms with Crippen molar-refractivity contribution in [3.63, 3.8) is 0 Å². The van der Waals surface area contributed by atoms with Gasteiger partial charge in [0, 0.05) is 5.71 Å². The molecule has 2 N–H and O–H groups in total. The average Bonchev–Trinajstić information content (AvgIpc) is 2.44. The third kappa shape index (κ3) is 5.85. The molecule has 0 spiro atoms. The minimum atomic E-state index is -4.44. The van der Waals surface area contributed by atoms with E-state index in [1.54, 1.807) is 0 Å². The Bertz CT molecular complexity index is 686. The van der Waals surface area contributed by atoms with E-state index in [1.165, 1.54) is 6.07 Å². The zero-order chi connectivity index (χ0) is 18.8. The van der Waals surface area contributed by atoms with Crippen LogP contribution in [0.15, 0.2) is 23.3 Å². The van der Waals surface area contributed by atoms with E-state index in [0.717, 1.165) is 37.1 Å². The van der Waals surface area contributed by atoms with Crippen LogP contribution in [0.4, 0.5) is 18.9 Å². The Labute approximate surface area is 156 Å². The number of thiocarbonyl (C=S) groups is 1. The quantitative estimate of drug-likeness (QED) is 0.490. The molecule has 0 radical (unpaired) electrons. The number of hydrogen-bond acceptors (Lipinski definition) is 2. The maximum atomic E-state index is 12.8. The fourth-order valence-electron chi connectivity index (χ4n) is 3.28. The largest absolute Gasteiger partial charge is 0.416 e. The Morgan fingerprint density at radius 3 is 2.64 bits per heavy atom. The van der Waals surface area contributed by atoms with Crippen molar-refractivity contribution in [3.05, 3.63) is 28.8 Å². The summed E-state index contributed by atoms with van der Waals surface area (Å²) in [6.45, 7) is 6.56. The van der Waals surface area contributed by atoms with E-state index in [0.29, 0.717) is 5.92 Å². The van der Waals surface area contributed by atoms with Crippen molar-refractivity contribution in [2.45, 2.75) is 46.2 Å². The van der Waals surface area contributed by atoms with E-state index in [4.69, 9.17) is 23.8 Å². The van der Waals surface area contributed by atoms with Crippen LogP contribution in [-0.2, 0) is 6.18 Å².